The first-order valence-electron chi connectivity index (χ1n) is 6.57. The fraction of sp³-hybridized carbons (Fsp3) is 0. The highest BCUT2D eigenvalue weighted by Gasteiger charge is 2.10. The number of thiazole rings is 1. The summed E-state index contributed by atoms with van der Waals surface area (Å²) >= 11 is 7.75. The van der Waals surface area contributed by atoms with Crippen molar-refractivity contribution in [3.63, 3.8) is 0 Å². The van der Waals surface area contributed by atoms with Crippen LogP contribution in [0, 0.1) is 0 Å². The quantitative estimate of drug-likeness (QED) is 0.582. The number of aromatic amines is 1. The van der Waals surface area contributed by atoms with Gasteiger partial charge in [0, 0.05) is 28.7 Å². The number of hydrogen-bond acceptors (Lipinski definition) is 5. The Hall–Kier alpha value is -2.44. The molecular formula is C15H10ClN5S. The van der Waals surface area contributed by atoms with E-state index < -0.39 is 0 Å². The van der Waals surface area contributed by atoms with Crippen LogP contribution in [0.2, 0.25) is 5.02 Å². The molecule has 0 saturated heterocycles. The number of hydrogen-bond donors (Lipinski definition) is 2. The van der Waals surface area contributed by atoms with E-state index in [1.807, 2.05) is 35.7 Å². The van der Waals surface area contributed by atoms with Crippen molar-refractivity contribution in [3.05, 3.63) is 53.1 Å². The first kappa shape index (κ1) is 13.2. The molecule has 0 aliphatic carbocycles. The van der Waals surface area contributed by atoms with Crippen LogP contribution < -0.4 is 5.32 Å². The number of halogens is 1. The minimum atomic E-state index is 0.625. The van der Waals surface area contributed by atoms with Gasteiger partial charge in [-0.2, -0.15) is 5.10 Å². The Morgan fingerprint density at radius 2 is 2.09 bits per heavy atom. The van der Waals surface area contributed by atoms with Gasteiger partial charge < -0.3 is 5.32 Å². The summed E-state index contributed by atoms with van der Waals surface area (Å²) in [6.45, 7) is 0. The van der Waals surface area contributed by atoms with Gasteiger partial charge in [-0.15, -0.1) is 11.3 Å². The summed E-state index contributed by atoms with van der Waals surface area (Å²) in [5.41, 5.74) is 2.64. The second-order valence-electron chi connectivity index (χ2n) is 4.63. The van der Waals surface area contributed by atoms with E-state index in [1.54, 1.807) is 12.4 Å². The lowest BCUT2D eigenvalue weighted by Gasteiger charge is -2.04. The number of aromatic nitrogens is 4. The number of pyridine rings is 1. The molecule has 0 spiro atoms. The molecule has 3 aromatic heterocycles. The van der Waals surface area contributed by atoms with Gasteiger partial charge in [0.1, 0.15) is 0 Å². The Kier molecular flexibility index (Phi) is 3.25. The van der Waals surface area contributed by atoms with Crippen LogP contribution in [0.4, 0.5) is 10.9 Å². The van der Waals surface area contributed by atoms with Gasteiger partial charge in [-0.1, -0.05) is 17.7 Å². The molecule has 0 saturated carbocycles. The largest absolute Gasteiger partial charge is 0.314 e. The Bertz CT molecular complexity index is 932. The maximum Gasteiger partial charge on any atom is 0.188 e. The third kappa shape index (κ3) is 2.32. The Morgan fingerprint density at radius 3 is 2.91 bits per heavy atom. The highest BCUT2D eigenvalue weighted by Crippen LogP contribution is 2.31. The summed E-state index contributed by atoms with van der Waals surface area (Å²) in [5.74, 6) is 0.735. The van der Waals surface area contributed by atoms with Crippen LogP contribution in [0.1, 0.15) is 0 Å². The summed E-state index contributed by atoms with van der Waals surface area (Å²) in [7, 11) is 0. The minimum absolute atomic E-state index is 0.625. The van der Waals surface area contributed by atoms with Crippen LogP contribution in [0.15, 0.2) is 48.1 Å². The van der Waals surface area contributed by atoms with Crippen molar-refractivity contribution >= 4 is 44.8 Å². The molecule has 0 atom stereocenters. The van der Waals surface area contributed by atoms with E-state index in [-0.39, 0.29) is 0 Å². The fourth-order valence-electron chi connectivity index (χ4n) is 2.24. The average molecular weight is 328 g/mol. The predicted molar refractivity (Wildman–Crippen MR) is 89.7 cm³/mol. The molecule has 0 aliphatic rings. The second-order valence-corrected chi connectivity index (χ2v) is 5.93. The predicted octanol–water partition coefficient (Wildman–Crippen LogP) is 4.48. The van der Waals surface area contributed by atoms with Crippen LogP contribution in [-0.2, 0) is 0 Å². The zero-order valence-corrected chi connectivity index (χ0v) is 12.8. The standard InChI is InChI=1S/C15H10ClN5S/c16-11-2-1-5-17-13(11)9-3-4-12-10(8-9)14(21-20-12)19-15-18-6-7-22-15/h1-8H,(H2,18,19,20,21). The topological polar surface area (TPSA) is 66.5 Å². The third-order valence-corrected chi connectivity index (χ3v) is 4.25. The summed E-state index contributed by atoms with van der Waals surface area (Å²) in [6.07, 6.45) is 3.48. The Balaban J connectivity index is 1.81. The normalized spacial score (nSPS) is 11.0. The SMILES string of the molecule is Clc1cccnc1-c1ccc2[nH]nc(Nc3nccs3)c2c1. The number of anilines is 2. The van der Waals surface area contributed by atoms with Crippen molar-refractivity contribution < 1.29 is 0 Å². The van der Waals surface area contributed by atoms with Gasteiger partial charge >= 0.3 is 0 Å². The molecule has 3 heterocycles. The lowest BCUT2D eigenvalue weighted by Crippen LogP contribution is -1.90. The first-order valence-corrected chi connectivity index (χ1v) is 7.82. The molecule has 4 rings (SSSR count). The lowest BCUT2D eigenvalue weighted by atomic mass is 10.1. The van der Waals surface area contributed by atoms with Crippen molar-refractivity contribution in [3.8, 4) is 11.3 Å². The highest BCUT2D eigenvalue weighted by molar-refractivity contribution is 7.13. The molecule has 0 radical (unpaired) electrons. The summed E-state index contributed by atoms with van der Waals surface area (Å²) in [5, 5.41) is 14.8. The van der Waals surface area contributed by atoms with Crippen molar-refractivity contribution in [2.45, 2.75) is 0 Å². The monoisotopic (exact) mass is 327 g/mol. The van der Waals surface area contributed by atoms with E-state index in [0.717, 1.165) is 33.1 Å². The van der Waals surface area contributed by atoms with Gasteiger partial charge in [0.2, 0.25) is 0 Å². The molecule has 2 N–H and O–H groups in total. The van der Waals surface area contributed by atoms with Crippen LogP contribution in [0.25, 0.3) is 22.2 Å². The van der Waals surface area contributed by atoms with Crippen LogP contribution in [0.3, 0.4) is 0 Å². The van der Waals surface area contributed by atoms with Gasteiger partial charge in [-0.25, -0.2) is 4.98 Å². The number of rotatable bonds is 3. The molecule has 4 aromatic rings. The Labute approximate surface area is 135 Å². The van der Waals surface area contributed by atoms with Crippen LogP contribution >= 0.6 is 22.9 Å². The smallest absolute Gasteiger partial charge is 0.188 e. The summed E-state index contributed by atoms with van der Waals surface area (Å²) in [6, 6.07) is 9.61. The van der Waals surface area contributed by atoms with Crippen molar-refractivity contribution in [1.29, 1.82) is 0 Å². The molecule has 0 bridgehead atoms. The molecule has 0 aliphatic heterocycles. The molecule has 1 aromatic carbocycles. The van der Waals surface area contributed by atoms with Crippen molar-refractivity contribution in [1.82, 2.24) is 20.2 Å². The van der Waals surface area contributed by atoms with E-state index in [2.05, 4.69) is 25.5 Å². The minimum Gasteiger partial charge on any atom is -0.314 e. The van der Waals surface area contributed by atoms with Crippen molar-refractivity contribution in [2.75, 3.05) is 5.32 Å². The first-order chi connectivity index (χ1) is 10.8. The molecular weight excluding hydrogens is 318 g/mol. The molecule has 108 valence electrons. The van der Waals surface area contributed by atoms with Gasteiger partial charge in [-0.05, 0) is 24.3 Å². The zero-order chi connectivity index (χ0) is 14.9. The Morgan fingerprint density at radius 1 is 1.14 bits per heavy atom. The molecule has 22 heavy (non-hydrogen) atoms. The number of benzene rings is 1. The summed E-state index contributed by atoms with van der Waals surface area (Å²) in [4.78, 5) is 8.56. The molecule has 5 nitrogen and oxygen atoms in total. The maximum absolute atomic E-state index is 6.23. The van der Waals surface area contributed by atoms with Gasteiger partial charge in [-0.3, -0.25) is 10.1 Å². The lowest BCUT2D eigenvalue weighted by molar-refractivity contribution is 1.12. The van der Waals surface area contributed by atoms with E-state index in [4.69, 9.17) is 11.6 Å². The average Bonchev–Trinajstić information content (AvgIpc) is 3.18. The number of fused-ring (bicyclic) bond motifs is 1. The molecule has 0 fully saturated rings. The maximum atomic E-state index is 6.23. The van der Waals surface area contributed by atoms with Gasteiger partial charge in [0.25, 0.3) is 0 Å². The van der Waals surface area contributed by atoms with E-state index >= 15 is 0 Å². The molecule has 0 amide bonds. The van der Waals surface area contributed by atoms with Gasteiger partial charge in [0.15, 0.2) is 10.9 Å². The number of H-pyrrole nitrogens is 1. The van der Waals surface area contributed by atoms with Gasteiger partial charge in [0.05, 0.1) is 16.2 Å². The van der Waals surface area contributed by atoms with E-state index in [9.17, 15) is 0 Å². The number of nitrogens with one attached hydrogen (secondary N) is 2. The second kappa shape index (κ2) is 5.40. The highest BCUT2D eigenvalue weighted by atomic mass is 35.5. The van der Waals surface area contributed by atoms with Crippen LogP contribution in [-0.4, -0.2) is 20.2 Å². The zero-order valence-electron chi connectivity index (χ0n) is 11.2. The van der Waals surface area contributed by atoms with E-state index in [0.29, 0.717) is 5.02 Å². The number of nitrogens with zero attached hydrogens (tertiary/aromatic N) is 3. The van der Waals surface area contributed by atoms with E-state index in [1.165, 1.54) is 11.3 Å². The molecule has 0 unspecified atom stereocenters. The molecule has 7 heteroatoms. The van der Waals surface area contributed by atoms with Crippen LogP contribution in [0.5, 0.6) is 0 Å². The third-order valence-electron chi connectivity index (χ3n) is 3.25. The van der Waals surface area contributed by atoms with Crippen molar-refractivity contribution in [2.24, 2.45) is 0 Å². The summed E-state index contributed by atoms with van der Waals surface area (Å²) < 4.78 is 0. The fourth-order valence-corrected chi connectivity index (χ4v) is 3.00.